The van der Waals surface area contributed by atoms with Gasteiger partial charge in [-0.1, -0.05) is 13.0 Å². The van der Waals surface area contributed by atoms with E-state index in [9.17, 15) is 13.2 Å². The zero-order valence-electron chi connectivity index (χ0n) is 12.8. The van der Waals surface area contributed by atoms with Gasteiger partial charge in [0.05, 0.1) is 4.90 Å². The molecule has 122 valence electrons. The zero-order chi connectivity index (χ0) is 17.0. The van der Waals surface area contributed by atoms with Crippen LogP contribution in [0.5, 0.6) is 0 Å². The molecule has 2 aromatic rings. The van der Waals surface area contributed by atoms with Crippen LogP contribution >= 0.6 is 22.6 Å². The Bertz CT molecular complexity index is 818. The number of hydrogen-bond donors (Lipinski definition) is 2. The highest BCUT2D eigenvalue weighted by molar-refractivity contribution is 14.1. The normalized spacial score (nSPS) is 11.3. The van der Waals surface area contributed by atoms with Gasteiger partial charge < -0.3 is 5.32 Å². The van der Waals surface area contributed by atoms with Gasteiger partial charge in [-0.05, 0) is 71.5 Å². The third kappa shape index (κ3) is 4.52. The Balaban J connectivity index is 2.14. The molecule has 0 saturated carbocycles. The summed E-state index contributed by atoms with van der Waals surface area (Å²) in [6.45, 7) is 4.02. The third-order valence-electron chi connectivity index (χ3n) is 3.19. The molecule has 7 heteroatoms. The topological polar surface area (TPSA) is 75.3 Å². The molecule has 0 heterocycles. The lowest BCUT2D eigenvalue weighted by molar-refractivity contribution is 0.102. The molecule has 0 radical (unpaired) electrons. The van der Waals surface area contributed by atoms with Gasteiger partial charge in [-0.15, -0.1) is 0 Å². The van der Waals surface area contributed by atoms with Crippen LogP contribution in [0.1, 0.15) is 22.8 Å². The molecule has 2 rings (SSSR count). The Morgan fingerprint density at radius 1 is 1.13 bits per heavy atom. The summed E-state index contributed by atoms with van der Waals surface area (Å²) in [6, 6.07) is 11.5. The van der Waals surface area contributed by atoms with Crippen LogP contribution in [0.4, 0.5) is 5.69 Å². The smallest absolute Gasteiger partial charge is 0.255 e. The molecular formula is C16H17IN2O3S. The van der Waals surface area contributed by atoms with Crippen molar-refractivity contribution >= 4 is 44.2 Å². The molecule has 5 nitrogen and oxygen atoms in total. The van der Waals surface area contributed by atoms with Crippen molar-refractivity contribution in [3.8, 4) is 0 Å². The molecule has 0 aliphatic rings. The molecule has 0 saturated heterocycles. The molecule has 2 aromatic carbocycles. The van der Waals surface area contributed by atoms with Crippen molar-refractivity contribution in [1.82, 2.24) is 4.72 Å². The van der Waals surface area contributed by atoms with Gasteiger partial charge in [0.2, 0.25) is 10.0 Å². The van der Waals surface area contributed by atoms with Crippen LogP contribution in [-0.2, 0) is 10.0 Å². The summed E-state index contributed by atoms with van der Waals surface area (Å²) in [5, 5.41) is 2.76. The first kappa shape index (κ1) is 17.9. The summed E-state index contributed by atoms with van der Waals surface area (Å²) in [5.74, 6) is -0.231. The minimum Gasteiger partial charge on any atom is -0.322 e. The number of rotatable bonds is 5. The van der Waals surface area contributed by atoms with E-state index in [2.05, 4.69) is 32.6 Å². The summed E-state index contributed by atoms with van der Waals surface area (Å²) in [4.78, 5) is 12.4. The lowest BCUT2D eigenvalue weighted by Crippen LogP contribution is -2.23. The molecule has 0 spiro atoms. The second kappa shape index (κ2) is 7.41. The Morgan fingerprint density at radius 2 is 1.78 bits per heavy atom. The first-order chi connectivity index (χ1) is 10.8. The van der Waals surface area contributed by atoms with E-state index >= 15 is 0 Å². The zero-order valence-corrected chi connectivity index (χ0v) is 15.7. The Kier molecular flexibility index (Phi) is 5.77. The van der Waals surface area contributed by atoms with Gasteiger partial charge in [0.25, 0.3) is 5.91 Å². The van der Waals surface area contributed by atoms with Crippen LogP contribution in [-0.4, -0.2) is 20.9 Å². The van der Waals surface area contributed by atoms with E-state index in [1.54, 1.807) is 25.1 Å². The molecular weight excluding hydrogens is 427 g/mol. The fourth-order valence-electron chi connectivity index (χ4n) is 1.93. The standard InChI is InChI=1S/C16H17IN2O3S/c1-3-18-23(21,22)14-8-6-13(7-9-14)19-16(20)12-5-4-11(2)15(17)10-12/h4-10,18H,3H2,1-2H3,(H,19,20). The number of amides is 1. The van der Waals surface area contributed by atoms with E-state index in [4.69, 9.17) is 0 Å². The Morgan fingerprint density at radius 3 is 2.35 bits per heavy atom. The van der Waals surface area contributed by atoms with Gasteiger partial charge >= 0.3 is 0 Å². The van der Waals surface area contributed by atoms with Gasteiger partial charge in [0.15, 0.2) is 0 Å². The summed E-state index contributed by atoms with van der Waals surface area (Å²) in [5.41, 5.74) is 2.21. The van der Waals surface area contributed by atoms with Gasteiger partial charge in [-0.2, -0.15) is 0 Å². The number of halogens is 1. The maximum Gasteiger partial charge on any atom is 0.255 e. The van der Waals surface area contributed by atoms with Crippen LogP contribution in [0.3, 0.4) is 0 Å². The second-order valence-corrected chi connectivity index (χ2v) is 7.87. The van der Waals surface area contributed by atoms with Crippen molar-refractivity contribution < 1.29 is 13.2 Å². The average molecular weight is 444 g/mol. The monoisotopic (exact) mass is 444 g/mol. The molecule has 23 heavy (non-hydrogen) atoms. The van der Waals surface area contributed by atoms with Gasteiger partial charge in [0.1, 0.15) is 0 Å². The van der Waals surface area contributed by atoms with Crippen molar-refractivity contribution in [1.29, 1.82) is 0 Å². The summed E-state index contributed by atoms with van der Waals surface area (Å²) in [7, 11) is -3.48. The molecule has 0 aromatic heterocycles. The lowest BCUT2D eigenvalue weighted by Gasteiger charge is -2.08. The van der Waals surface area contributed by atoms with Crippen LogP contribution in [0.2, 0.25) is 0 Å². The maximum absolute atomic E-state index is 12.2. The number of carbonyl (C=O) groups is 1. The molecule has 0 fully saturated rings. The minimum atomic E-state index is -3.48. The summed E-state index contributed by atoms with van der Waals surface area (Å²) in [6.07, 6.45) is 0. The number of hydrogen-bond acceptors (Lipinski definition) is 3. The fraction of sp³-hybridized carbons (Fsp3) is 0.188. The predicted octanol–water partition coefficient (Wildman–Crippen LogP) is 3.15. The van der Waals surface area contributed by atoms with Crippen molar-refractivity contribution in [2.45, 2.75) is 18.7 Å². The van der Waals surface area contributed by atoms with E-state index in [-0.39, 0.29) is 10.8 Å². The van der Waals surface area contributed by atoms with E-state index in [1.807, 2.05) is 19.1 Å². The molecule has 0 atom stereocenters. The molecule has 1 amide bonds. The summed E-state index contributed by atoms with van der Waals surface area (Å²) >= 11 is 2.18. The van der Waals surface area contributed by atoms with Gasteiger partial charge in [-0.3, -0.25) is 4.79 Å². The number of sulfonamides is 1. The van der Waals surface area contributed by atoms with E-state index in [1.165, 1.54) is 12.1 Å². The van der Waals surface area contributed by atoms with Crippen molar-refractivity contribution in [2.24, 2.45) is 0 Å². The average Bonchev–Trinajstić information content (AvgIpc) is 2.50. The Hall–Kier alpha value is -1.45. The highest BCUT2D eigenvalue weighted by Crippen LogP contribution is 2.17. The molecule has 0 aliphatic carbocycles. The van der Waals surface area contributed by atoms with Crippen molar-refractivity contribution in [2.75, 3.05) is 11.9 Å². The lowest BCUT2D eigenvalue weighted by atomic mass is 10.1. The number of anilines is 1. The minimum absolute atomic E-state index is 0.169. The first-order valence-electron chi connectivity index (χ1n) is 7.00. The molecule has 0 unspecified atom stereocenters. The van der Waals surface area contributed by atoms with E-state index in [0.717, 1.165) is 9.13 Å². The van der Waals surface area contributed by atoms with E-state index in [0.29, 0.717) is 17.8 Å². The third-order valence-corrected chi connectivity index (χ3v) is 5.91. The van der Waals surface area contributed by atoms with Crippen molar-refractivity contribution in [3.05, 3.63) is 57.2 Å². The van der Waals surface area contributed by atoms with Crippen LogP contribution in [0, 0.1) is 10.5 Å². The second-order valence-electron chi connectivity index (χ2n) is 4.94. The Labute approximate surface area is 149 Å². The molecule has 0 aliphatic heterocycles. The maximum atomic E-state index is 12.2. The SMILES string of the molecule is CCNS(=O)(=O)c1ccc(NC(=O)c2ccc(C)c(I)c2)cc1. The van der Waals surface area contributed by atoms with Crippen molar-refractivity contribution in [3.63, 3.8) is 0 Å². The summed E-state index contributed by atoms with van der Waals surface area (Å²) < 4.78 is 27.2. The van der Waals surface area contributed by atoms with Crippen LogP contribution in [0.25, 0.3) is 0 Å². The number of nitrogens with one attached hydrogen (secondary N) is 2. The fourth-order valence-corrected chi connectivity index (χ4v) is 3.48. The first-order valence-corrected chi connectivity index (χ1v) is 9.57. The quantitative estimate of drug-likeness (QED) is 0.696. The molecule has 0 bridgehead atoms. The highest BCUT2D eigenvalue weighted by Gasteiger charge is 2.13. The van der Waals surface area contributed by atoms with Crippen LogP contribution < -0.4 is 10.0 Å². The predicted molar refractivity (Wildman–Crippen MR) is 99.2 cm³/mol. The molecule has 2 N–H and O–H groups in total. The van der Waals surface area contributed by atoms with Crippen LogP contribution in [0.15, 0.2) is 47.4 Å². The van der Waals surface area contributed by atoms with Gasteiger partial charge in [0, 0.05) is 21.4 Å². The number of aryl methyl sites for hydroxylation is 1. The largest absolute Gasteiger partial charge is 0.322 e. The van der Waals surface area contributed by atoms with E-state index < -0.39 is 10.0 Å². The van der Waals surface area contributed by atoms with Gasteiger partial charge in [-0.25, -0.2) is 13.1 Å². The number of benzene rings is 2. The highest BCUT2D eigenvalue weighted by atomic mass is 127. The number of carbonyl (C=O) groups excluding carboxylic acids is 1.